The van der Waals surface area contributed by atoms with Gasteiger partial charge in [-0.15, -0.1) is 0 Å². The Morgan fingerprint density at radius 1 is 0.783 bits per heavy atom. The Balaban J connectivity index is 1.78. The molecule has 0 amide bonds. The van der Waals surface area contributed by atoms with Crippen LogP contribution in [-0.2, 0) is 6.42 Å². The van der Waals surface area contributed by atoms with Gasteiger partial charge in [0.1, 0.15) is 0 Å². The lowest BCUT2D eigenvalue weighted by Crippen LogP contribution is -1.89. The van der Waals surface area contributed by atoms with E-state index in [1.54, 1.807) is 12.1 Å². The van der Waals surface area contributed by atoms with Crippen molar-refractivity contribution in [2.24, 2.45) is 0 Å². The van der Waals surface area contributed by atoms with Gasteiger partial charge in [-0.1, -0.05) is 30.9 Å². The number of aromatic nitrogens is 1. The molecule has 0 spiro atoms. The van der Waals surface area contributed by atoms with Gasteiger partial charge in [0.15, 0.2) is 11.6 Å². The fraction of sp³-hybridized carbons (Fsp3) is 0.100. The predicted octanol–water partition coefficient (Wildman–Crippen LogP) is 4.72. The average molecular weight is 307 g/mol. The SMILES string of the molecule is CCc1ccc(C#Cc2ccc(-n3cc(F)c(F)c3)cc2)cc1. The maximum absolute atomic E-state index is 13.0. The Labute approximate surface area is 134 Å². The molecule has 1 nitrogen and oxygen atoms in total. The molecule has 3 heteroatoms. The van der Waals surface area contributed by atoms with Crippen LogP contribution in [0.5, 0.6) is 0 Å². The van der Waals surface area contributed by atoms with Crippen molar-refractivity contribution in [3.63, 3.8) is 0 Å². The molecule has 0 aliphatic heterocycles. The first-order valence-corrected chi connectivity index (χ1v) is 7.40. The van der Waals surface area contributed by atoms with Crippen molar-refractivity contribution >= 4 is 0 Å². The van der Waals surface area contributed by atoms with E-state index >= 15 is 0 Å². The zero-order valence-corrected chi connectivity index (χ0v) is 12.7. The minimum absolute atomic E-state index is 0.686. The first-order chi connectivity index (χ1) is 11.2. The lowest BCUT2D eigenvalue weighted by Gasteiger charge is -2.01. The Hall–Kier alpha value is -2.86. The third-order valence-corrected chi connectivity index (χ3v) is 3.61. The topological polar surface area (TPSA) is 4.93 Å². The molecule has 1 aromatic heterocycles. The van der Waals surface area contributed by atoms with Crippen molar-refractivity contribution in [1.82, 2.24) is 4.57 Å². The van der Waals surface area contributed by atoms with Crippen LogP contribution in [0, 0.1) is 23.5 Å². The summed E-state index contributed by atoms with van der Waals surface area (Å²) in [5.41, 5.74) is 3.78. The second-order valence-electron chi connectivity index (χ2n) is 5.21. The van der Waals surface area contributed by atoms with Crippen molar-refractivity contribution in [2.45, 2.75) is 13.3 Å². The molecular formula is C20H15F2N. The first kappa shape index (κ1) is 15.1. The molecule has 0 saturated heterocycles. The second-order valence-corrected chi connectivity index (χ2v) is 5.21. The summed E-state index contributed by atoms with van der Waals surface area (Å²) in [4.78, 5) is 0. The highest BCUT2D eigenvalue weighted by Gasteiger charge is 2.06. The number of rotatable bonds is 2. The zero-order valence-electron chi connectivity index (χ0n) is 12.7. The molecule has 0 bridgehead atoms. The van der Waals surface area contributed by atoms with E-state index in [1.807, 2.05) is 24.3 Å². The molecule has 0 saturated carbocycles. The summed E-state index contributed by atoms with van der Waals surface area (Å²) in [6, 6.07) is 15.4. The molecule has 0 aliphatic rings. The molecule has 1 heterocycles. The maximum Gasteiger partial charge on any atom is 0.176 e. The van der Waals surface area contributed by atoms with E-state index in [9.17, 15) is 8.78 Å². The van der Waals surface area contributed by atoms with Gasteiger partial charge in [0.05, 0.1) is 0 Å². The molecule has 0 fully saturated rings. The van der Waals surface area contributed by atoms with Crippen LogP contribution in [-0.4, -0.2) is 4.57 Å². The highest BCUT2D eigenvalue weighted by Crippen LogP contribution is 2.14. The van der Waals surface area contributed by atoms with Crippen LogP contribution < -0.4 is 0 Å². The van der Waals surface area contributed by atoms with Gasteiger partial charge in [0.2, 0.25) is 0 Å². The molecule has 0 radical (unpaired) electrons. The number of nitrogens with zero attached hydrogens (tertiary/aromatic N) is 1. The largest absolute Gasteiger partial charge is 0.318 e. The van der Waals surface area contributed by atoms with Crippen LogP contribution >= 0.6 is 0 Å². The highest BCUT2D eigenvalue weighted by atomic mass is 19.2. The van der Waals surface area contributed by atoms with Crippen molar-refractivity contribution in [3.05, 3.63) is 89.2 Å². The lowest BCUT2D eigenvalue weighted by molar-refractivity contribution is 0.516. The standard InChI is InChI=1S/C20H15F2N/c1-2-15-3-5-16(6-4-15)7-8-17-9-11-18(12-10-17)23-13-19(21)20(22)14-23/h3-6,9-14H,2H2,1H3. The Bertz CT molecular complexity index is 843. The second kappa shape index (κ2) is 6.50. The summed E-state index contributed by atoms with van der Waals surface area (Å²) in [5, 5.41) is 0. The summed E-state index contributed by atoms with van der Waals surface area (Å²) in [5.74, 6) is 4.48. The van der Waals surface area contributed by atoms with Gasteiger partial charge in [0.25, 0.3) is 0 Å². The van der Waals surface area contributed by atoms with Crippen molar-refractivity contribution in [2.75, 3.05) is 0 Å². The summed E-state index contributed by atoms with van der Waals surface area (Å²) < 4.78 is 27.5. The van der Waals surface area contributed by atoms with Gasteiger partial charge in [-0.25, -0.2) is 8.78 Å². The quantitative estimate of drug-likeness (QED) is 0.604. The molecule has 0 unspecified atom stereocenters. The Morgan fingerprint density at radius 2 is 1.26 bits per heavy atom. The first-order valence-electron chi connectivity index (χ1n) is 7.40. The molecule has 0 N–H and O–H groups in total. The number of hydrogen-bond acceptors (Lipinski definition) is 0. The monoisotopic (exact) mass is 307 g/mol. The Kier molecular flexibility index (Phi) is 4.25. The third-order valence-electron chi connectivity index (χ3n) is 3.61. The molecule has 3 rings (SSSR count). The number of halogens is 2. The molecule has 114 valence electrons. The predicted molar refractivity (Wildman–Crippen MR) is 87.5 cm³/mol. The van der Waals surface area contributed by atoms with E-state index < -0.39 is 11.6 Å². The molecule has 23 heavy (non-hydrogen) atoms. The summed E-state index contributed by atoms with van der Waals surface area (Å²) in [6.45, 7) is 2.12. The minimum atomic E-state index is -0.857. The number of benzene rings is 2. The highest BCUT2D eigenvalue weighted by molar-refractivity contribution is 5.46. The van der Waals surface area contributed by atoms with E-state index in [4.69, 9.17) is 0 Å². The fourth-order valence-corrected chi connectivity index (χ4v) is 2.24. The minimum Gasteiger partial charge on any atom is -0.318 e. The van der Waals surface area contributed by atoms with Crippen LogP contribution in [0.25, 0.3) is 5.69 Å². The van der Waals surface area contributed by atoms with E-state index in [1.165, 1.54) is 10.1 Å². The van der Waals surface area contributed by atoms with Crippen LogP contribution in [0.1, 0.15) is 23.6 Å². The van der Waals surface area contributed by atoms with Crippen molar-refractivity contribution in [3.8, 4) is 17.5 Å². The Morgan fingerprint density at radius 3 is 1.74 bits per heavy atom. The van der Waals surface area contributed by atoms with E-state index in [-0.39, 0.29) is 0 Å². The molecule has 0 aliphatic carbocycles. The van der Waals surface area contributed by atoms with E-state index in [2.05, 4.69) is 30.9 Å². The molecular weight excluding hydrogens is 292 g/mol. The molecule has 3 aromatic rings. The van der Waals surface area contributed by atoms with Crippen molar-refractivity contribution < 1.29 is 8.78 Å². The van der Waals surface area contributed by atoms with Crippen LogP contribution in [0.15, 0.2) is 60.9 Å². The maximum atomic E-state index is 13.0. The molecule has 0 atom stereocenters. The lowest BCUT2D eigenvalue weighted by atomic mass is 10.1. The van der Waals surface area contributed by atoms with Crippen molar-refractivity contribution in [1.29, 1.82) is 0 Å². The summed E-state index contributed by atoms with van der Waals surface area (Å²) in [6.07, 6.45) is 3.24. The van der Waals surface area contributed by atoms with E-state index in [0.717, 1.165) is 29.9 Å². The normalized spacial score (nSPS) is 10.2. The van der Waals surface area contributed by atoms with Crippen LogP contribution in [0.4, 0.5) is 8.78 Å². The smallest absolute Gasteiger partial charge is 0.176 e. The van der Waals surface area contributed by atoms with E-state index in [0.29, 0.717) is 5.69 Å². The van der Waals surface area contributed by atoms with Crippen LogP contribution in [0.3, 0.4) is 0 Å². The number of aryl methyl sites for hydroxylation is 1. The van der Waals surface area contributed by atoms with Gasteiger partial charge in [0, 0.05) is 29.2 Å². The zero-order chi connectivity index (χ0) is 16.2. The fourth-order valence-electron chi connectivity index (χ4n) is 2.24. The number of hydrogen-bond donors (Lipinski definition) is 0. The van der Waals surface area contributed by atoms with Gasteiger partial charge >= 0.3 is 0 Å². The molecule has 2 aromatic carbocycles. The average Bonchev–Trinajstić information content (AvgIpc) is 2.93. The van der Waals surface area contributed by atoms with Gasteiger partial charge in [-0.2, -0.15) is 0 Å². The third kappa shape index (κ3) is 3.49. The summed E-state index contributed by atoms with van der Waals surface area (Å²) in [7, 11) is 0. The van der Waals surface area contributed by atoms with Crippen LogP contribution in [0.2, 0.25) is 0 Å². The van der Waals surface area contributed by atoms with Gasteiger partial charge in [-0.3, -0.25) is 0 Å². The summed E-state index contributed by atoms with van der Waals surface area (Å²) >= 11 is 0. The van der Waals surface area contributed by atoms with Gasteiger partial charge in [-0.05, 0) is 48.4 Å². The van der Waals surface area contributed by atoms with Gasteiger partial charge < -0.3 is 4.57 Å².